The molecule has 0 aliphatic carbocycles. The number of aryl methyl sites for hydroxylation is 3. The first-order valence-electron chi connectivity index (χ1n) is 6.89. The molecule has 0 unspecified atom stereocenters. The number of rotatable bonds is 4. The molecule has 124 valence electrons. The summed E-state index contributed by atoms with van der Waals surface area (Å²) < 4.78 is 34.1. The zero-order valence-electron chi connectivity index (χ0n) is 13.7. The maximum absolute atomic E-state index is 12.7. The fourth-order valence-corrected chi connectivity index (χ4v) is 3.88. The number of nitrogens with zero attached hydrogens (tertiary/aromatic N) is 2. The molecule has 0 fully saturated rings. The van der Waals surface area contributed by atoms with Crippen LogP contribution in [0.4, 0.5) is 5.69 Å². The Bertz CT molecular complexity index is 869. The predicted molar refractivity (Wildman–Crippen MR) is 86.0 cm³/mol. The number of nitrogens with one attached hydrogen (secondary N) is 1. The van der Waals surface area contributed by atoms with Gasteiger partial charge < -0.3 is 4.74 Å². The second-order valence-corrected chi connectivity index (χ2v) is 6.87. The van der Waals surface area contributed by atoms with E-state index in [9.17, 15) is 13.2 Å². The second-order valence-electron chi connectivity index (χ2n) is 5.25. The molecule has 1 N–H and O–H groups in total. The third-order valence-corrected chi connectivity index (χ3v) is 5.23. The average molecular weight is 337 g/mol. The number of carbonyl (C=O) groups excluding carboxylic acids is 1. The predicted octanol–water partition coefficient (Wildman–Crippen LogP) is 1.93. The monoisotopic (exact) mass is 337 g/mol. The molecule has 0 saturated carbocycles. The van der Waals surface area contributed by atoms with E-state index >= 15 is 0 Å². The van der Waals surface area contributed by atoms with Gasteiger partial charge in [0, 0.05) is 7.05 Å². The van der Waals surface area contributed by atoms with Crippen LogP contribution in [0.3, 0.4) is 0 Å². The molecule has 0 aliphatic rings. The van der Waals surface area contributed by atoms with E-state index in [1.54, 1.807) is 40.0 Å². The topological polar surface area (TPSA) is 90.3 Å². The van der Waals surface area contributed by atoms with E-state index in [0.29, 0.717) is 22.6 Å². The van der Waals surface area contributed by atoms with Gasteiger partial charge in [0.1, 0.15) is 4.90 Å². The molecule has 2 rings (SSSR count). The van der Waals surface area contributed by atoms with Gasteiger partial charge in [-0.2, -0.15) is 5.10 Å². The lowest BCUT2D eigenvalue weighted by atomic mass is 10.1. The van der Waals surface area contributed by atoms with Crippen molar-refractivity contribution in [2.75, 3.05) is 11.8 Å². The first kappa shape index (κ1) is 17.0. The minimum Gasteiger partial charge on any atom is -0.465 e. The quantitative estimate of drug-likeness (QED) is 0.861. The van der Waals surface area contributed by atoms with Crippen molar-refractivity contribution in [3.63, 3.8) is 0 Å². The zero-order valence-corrected chi connectivity index (χ0v) is 14.5. The number of hydrogen-bond acceptors (Lipinski definition) is 5. The summed E-state index contributed by atoms with van der Waals surface area (Å²) in [7, 11) is -0.854. The maximum Gasteiger partial charge on any atom is 0.337 e. The Morgan fingerprint density at radius 1 is 1.26 bits per heavy atom. The highest BCUT2D eigenvalue weighted by Crippen LogP contribution is 2.25. The number of esters is 1. The lowest BCUT2D eigenvalue weighted by Crippen LogP contribution is -2.16. The smallest absolute Gasteiger partial charge is 0.337 e. The normalized spacial score (nSPS) is 11.3. The van der Waals surface area contributed by atoms with Gasteiger partial charge in [-0.15, -0.1) is 0 Å². The summed E-state index contributed by atoms with van der Waals surface area (Å²) in [5.74, 6) is -0.529. The van der Waals surface area contributed by atoms with Gasteiger partial charge in [0.15, 0.2) is 0 Å². The second kappa shape index (κ2) is 6.04. The van der Waals surface area contributed by atoms with E-state index in [2.05, 4.69) is 14.6 Å². The lowest BCUT2D eigenvalue weighted by Gasteiger charge is -2.12. The van der Waals surface area contributed by atoms with Gasteiger partial charge in [-0.3, -0.25) is 9.40 Å². The zero-order chi connectivity index (χ0) is 17.4. The molecule has 0 saturated heterocycles. The highest BCUT2D eigenvalue weighted by atomic mass is 32.2. The molecule has 8 heteroatoms. The Morgan fingerprint density at radius 3 is 2.43 bits per heavy atom. The van der Waals surface area contributed by atoms with Gasteiger partial charge in [0.2, 0.25) is 0 Å². The first-order chi connectivity index (χ1) is 10.7. The van der Waals surface area contributed by atoms with Crippen molar-refractivity contribution < 1.29 is 17.9 Å². The van der Waals surface area contributed by atoms with Crippen molar-refractivity contribution in [2.45, 2.75) is 25.7 Å². The number of hydrogen-bond donors (Lipinski definition) is 1. The summed E-state index contributed by atoms with van der Waals surface area (Å²) in [6, 6.07) is 4.70. The van der Waals surface area contributed by atoms with Crippen LogP contribution in [0.5, 0.6) is 0 Å². The highest BCUT2D eigenvalue weighted by Gasteiger charge is 2.24. The molecular formula is C15H19N3O4S. The molecule has 0 radical (unpaired) electrons. The van der Waals surface area contributed by atoms with E-state index in [-0.39, 0.29) is 10.5 Å². The molecule has 1 heterocycles. The van der Waals surface area contributed by atoms with Gasteiger partial charge in [-0.05, 0) is 38.5 Å². The van der Waals surface area contributed by atoms with E-state index in [0.717, 1.165) is 0 Å². The van der Waals surface area contributed by atoms with Crippen molar-refractivity contribution >= 4 is 21.7 Å². The molecule has 1 aromatic heterocycles. The molecule has 0 amide bonds. The first-order valence-corrected chi connectivity index (χ1v) is 8.37. The molecule has 0 spiro atoms. The Labute approximate surface area is 135 Å². The molecule has 0 bridgehead atoms. The third-order valence-electron chi connectivity index (χ3n) is 3.61. The number of anilines is 1. The number of sulfonamides is 1. The Balaban J connectivity index is 2.47. The van der Waals surface area contributed by atoms with Gasteiger partial charge >= 0.3 is 5.97 Å². The van der Waals surface area contributed by atoms with Crippen molar-refractivity contribution in [2.24, 2.45) is 7.05 Å². The average Bonchev–Trinajstić information content (AvgIpc) is 2.73. The minimum absolute atomic E-state index is 0.142. The Hall–Kier alpha value is -2.35. The maximum atomic E-state index is 12.7. The number of methoxy groups -OCH3 is 1. The van der Waals surface area contributed by atoms with Crippen molar-refractivity contribution in [3.05, 3.63) is 40.7 Å². The van der Waals surface area contributed by atoms with Gasteiger partial charge in [0.25, 0.3) is 10.0 Å². The standard InChI is InChI=1S/C15H19N3O4S/c1-9-6-7-12(15(19)22-5)8-13(9)17-23(20,21)14-10(2)16-18(4)11(14)3/h6-8,17H,1-5H3. The fraction of sp³-hybridized carbons (Fsp3) is 0.333. The summed E-state index contributed by atoms with van der Waals surface area (Å²) in [6.45, 7) is 5.08. The van der Waals surface area contributed by atoms with Crippen LogP contribution in [0.25, 0.3) is 0 Å². The van der Waals surface area contributed by atoms with E-state index < -0.39 is 16.0 Å². The van der Waals surface area contributed by atoms with Crippen molar-refractivity contribution in [3.8, 4) is 0 Å². The Kier molecular flexibility index (Phi) is 4.46. The van der Waals surface area contributed by atoms with Crippen LogP contribution in [0.1, 0.15) is 27.3 Å². The summed E-state index contributed by atoms with van der Waals surface area (Å²) in [5.41, 5.74) is 2.25. The van der Waals surface area contributed by atoms with Crippen LogP contribution < -0.4 is 4.72 Å². The van der Waals surface area contributed by atoms with Crippen LogP contribution in [0.2, 0.25) is 0 Å². The number of carbonyl (C=O) groups is 1. The van der Waals surface area contributed by atoms with Crippen LogP contribution >= 0.6 is 0 Å². The summed E-state index contributed by atoms with van der Waals surface area (Å²) >= 11 is 0. The number of ether oxygens (including phenoxy) is 1. The van der Waals surface area contributed by atoms with Crippen molar-refractivity contribution in [1.82, 2.24) is 9.78 Å². The fourth-order valence-electron chi connectivity index (χ4n) is 2.32. The minimum atomic E-state index is -3.81. The van der Waals surface area contributed by atoms with Gasteiger partial charge in [0.05, 0.1) is 29.7 Å². The van der Waals surface area contributed by atoms with Crippen molar-refractivity contribution in [1.29, 1.82) is 0 Å². The number of aromatic nitrogens is 2. The molecule has 0 atom stereocenters. The lowest BCUT2D eigenvalue weighted by molar-refractivity contribution is 0.0601. The number of benzene rings is 1. The van der Waals surface area contributed by atoms with E-state index in [1.165, 1.54) is 17.9 Å². The molecular weight excluding hydrogens is 318 g/mol. The van der Waals surface area contributed by atoms with Crippen LogP contribution in [-0.2, 0) is 21.8 Å². The molecule has 1 aromatic carbocycles. The van der Waals surface area contributed by atoms with Crippen LogP contribution in [0, 0.1) is 20.8 Å². The molecule has 0 aliphatic heterocycles. The SMILES string of the molecule is COC(=O)c1ccc(C)c(NS(=O)(=O)c2c(C)nn(C)c2C)c1. The summed E-state index contributed by atoms with van der Waals surface area (Å²) in [4.78, 5) is 11.8. The summed E-state index contributed by atoms with van der Waals surface area (Å²) in [5, 5.41) is 4.12. The van der Waals surface area contributed by atoms with Gasteiger partial charge in [-0.25, -0.2) is 13.2 Å². The van der Waals surface area contributed by atoms with E-state index in [1.807, 2.05) is 0 Å². The third kappa shape index (κ3) is 3.21. The molecule has 7 nitrogen and oxygen atoms in total. The van der Waals surface area contributed by atoms with E-state index in [4.69, 9.17) is 0 Å². The molecule has 2 aromatic rings. The van der Waals surface area contributed by atoms with Gasteiger partial charge in [-0.1, -0.05) is 6.07 Å². The summed E-state index contributed by atoms with van der Waals surface area (Å²) in [6.07, 6.45) is 0. The largest absolute Gasteiger partial charge is 0.465 e. The Morgan fingerprint density at radius 2 is 1.91 bits per heavy atom. The molecule has 23 heavy (non-hydrogen) atoms. The van der Waals surface area contributed by atoms with Crippen LogP contribution in [-0.4, -0.2) is 31.3 Å². The highest BCUT2D eigenvalue weighted by molar-refractivity contribution is 7.92. The van der Waals surface area contributed by atoms with Crippen LogP contribution in [0.15, 0.2) is 23.1 Å².